The largest absolute Gasteiger partial charge is 0.493 e. The summed E-state index contributed by atoms with van der Waals surface area (Å²) in [6.45, 7) is 3.57. The van der Waals surface area contributed by atoms with Gasteiger partial charge in [-0.25, -0.2) is 0 Å². The normalized spacial score (nSPS) is 15.8. The molecule has 2 heterocycles. The highest BCUT2D eigenvalue weighted by Gasteiger charge is 2.33. The van der Waals surface area contributed by atoms with Gasteiger partial charge in [0.1, 0.15) is 28.8 Å². The van der Waals surface area contributed by atoms with Crippen molar-refractivity contribution in [2.75, 3.05) is 39.9 Å². The van der Waals surface area contributed by atoms with E-state index in [4.69, 9.17) is 14.2 Å². The molecule has 1 aliphatic heterocycles. The van der Waals surface area contributed by atoms with Gasteiger partial charge < -0.3 is 29.5 Å². The van der Waals surface area contributed by atoms with Crippen molar-refractivity contribution >= 4 is 28.5 Å². The smallest absolute Gasteiger partial charge is 0.272 e. The Labute approximate surface area is 249 Å². The van der Waals surface area contributed by atoms with Crippen molar-refractivity contribution in [3.8, 4) is 17.2 Å². The van der Waals surface area contributed by atoms with Crippen LogP contribution in [0.3, 0.4) is 0 Å². The molecule has 212 valence electrons. The lowest BCUT2D eigenvalue weighted by atomic mass is 9.91. The number of ether oxygens (including phenoxy) is 3. The zero-order chi connectivity index (χ0) is 27.9. The maximum atomic E-state index is 13.0. The first-order valence-corrected chi connectivity index (χ1v) is 15.1. The molecule has 1 aliphatic carbocycles. The number of aliphatic hydroxyl groups is 1. The fraction of sp³-hybridized carbons (Fsp3) is 0.419. The minimum atomic E-state index is -0.346. The van der Waals surface area contributed by atoms with Crippen molar-refractivity contribution in [3.63, 3.8) is 0 Å². The topological polar surface area (TPSA) is 93.2 Å². The number of carbonyl (C=O) groups is 1. The number of amides is 1. The molecule has 0 bridgehead atoms. The fourth-order valence-corrected chi connectivity index (χ4v) is 5.05. The zero-order valence-corrected chi connectivity index (χ0v) is 24.9. The maximum Gasteiger partial charge on any atom is 0.272 e. The summed E-state index contributed by atoms with van der Waals surface area (Å²) < 4.78 is 17.1. The number of aromatic nitrogens is 1. The van der Waals surface area contributed by atoms with E-state index in [-0.39, 0.29) is 15.9 Å². The highest BCUT2D eigenvalue weighted by atomic mass is 127. The minimum absolute atomic E-state index is 0.101. The average molecular weight is 658 g/mol. The van der Waals surface area contributed by atoms with Crippen LogP contribution in [0.2, 0.25) is 0 Å². The number of aliphatic hydroxyl groups excluding tert-OH is 1. The molecule has 2 aliphatic rings. The van der Waals surface area contributed by atoms with E-state index in [1.807, 2.05) is 34.7 Å². The van der Waals surface area contributed by atoms with E-state index in [0.29, 0.717) is 62.2 Å². The Morgan fingerprint density at radius 1 is 1.02 bits per heavy atom. The van der Waals surface area contributed by atoms with Gasteiger partial charge in [0.05, 0.1) is 7.11 Å². The van der Waals surface area contributed by atoms with Gasteiger partial charge >= 0.3 is 0 Å². The Kier molecular flexibility index (Phi) is 9.77. The molecule has 1 saturated carbocycles. The first-order valence-electron chi connectivity index (χ1n) is 13.8. The SMILES string of the molecule is COc1cc(C2CN(C(=O)c3cc(OCCNCC[C@@H](O)I)ccn3)C2)ccc1OCc1ccc(C2CC2)cc1. The predicted octanol–water partition coefficient (Wildman–Crippen LogP) is 4.90. The number of halogens is 1. The van der Waals surface area contributed by atoms with Crippen LogP contribution in [0.25, 0.3) is 0 Å². The predicted molar refractivity (Wildman–Crippen MR) is 162 cm³/mol. The molecule has 1 amide bonds. The Balaban J connectivity index is 1.09. The summed E-state index contributed by atoms with van der Waals surface area (Å²) in [5.74, 6) is 2.90. The van der Waals surface area contributed by atoms with Crippen LogP contribution in [-0.2, 0) is 6.61 Å². The molecule has 1 saturated heterocycles. The molecule has 0 spiro atoms. The van der Waals surface area contributed by atoms with Crippen LogP contribution >= 0.6 is 22.6 Å². The van der Waals surface area contributed by atoms with E-state index in [9.17, 15) is 9.90 Å². The summed E-state index contributed by atoms with van der Waals surface area (Å²) in [5.41, 5.74) is 4.05. The third-order valence-corrected chi connectivity index (χ3v) is 7.93. The molecule has 3 aromatic rings. The first-order chi connectivity index (χ1) is 19.5. The molecule has 5 rings (SSSR count). The second-order valence-corrected chi connectivity index (χ2v) is 11.8. The van der Waals surface area contributed by atoms with E-state index < -0.39 is 0 Å². The fourth-order valence-electron chi connectivity index (χ4n) is 4.74. The minimum Gasteiger partial charge on any atom is -0.493 e. The van der Waals surface area contributed by atoms with Crippen LogP contribution in [0.1, 0.15) is 58.3 Å². The number of pyridine rings is 1. The molecule has 0 radical (unpaired) electrons. The number of hydrogen-bond acceptors (Lipinski definition) is 7. The Morgan fingerprint density at radius 2 is 1.80 bits per heavy atom. The number of benzene rings is 2. The van der Waals surface area contributed by atoms with Crippen LogP contribution in [0.5, 0.6) is 17.2 Å². The highest BCUT2D eigenvalue weighted by molar-refractivity contribution is 14.1. The molecular weight excluding hydrogens is 621 g/mol. The van der Waals surface area contributed by atoms with Gasteiger partial charge in [0.2, 0.25) is 0 Å². The molecule has 0 unspecified atom stereocenters. The Bertz CT molecular complexity index is 1280. The number of nitrogens with one attached hydrogen (secondary N) is 1. The number of nitrogens with zero attached hydrogens (tertiary/aromatic N) is 2. The second-order valence-electron chi connectivity index (χ2n) is 10.3. The third kappa shape index (κ3) is 7.64. The van der Waals surface area contributed by atoms with Crippen LogP contribution in [0.4, 0.5) is 0 Å². The number of rotatable bonds is 14. The van der Waals surface area contributed by atoms with Crippen molar-refractivity contribution in [1.29, 1.82) is 0 Å². The summed E-state index contributed by atoms with van der Waals surface area (Å²) >= 11 is 1.98. The van der Waals surface area contributed by atoms with E-state index in [1.54, 1.807) is 30.3 Å². The van der Waals surface area contributed by atoms with Gasteiger partial charge in [0, 0.05) is 37.8 Å². The second kappa shape index (κ2) is 13.6. The lowest BCUT2D eigenvalue weighted by molar-refractivity contribution is 0.0595. The van der Waals surface area contributed by atoms with E-state index >= 15 is 0 Å². The van der Waals surface area contributed by atoms with Gasteiger partial charge in [-0.3, -0.25) is 9.78 Å². The van der Waals surface area contributed by atoms with Gasteiger partial charge in [-0.1, -0.05) is 52.9 Å². The van der Waals surface area contributed by atoms with Crippen molar-refractivity contribution in [1.82, 2.24) is 15.2 Å². The number of carbonyl (C=O) groups excluding carboxylic acids is 1. The van der Waals surface area contributed by atoms with E-state index in [2.05, 4.69) is 40.6 Å². The summed E-state index contributed by atoms with van der Waals surface area (Å²) in [5, 5.41) is 12.5. The lowest BCUT2D eigenvalue weighted by Crippen LogP contribution is -2.48. The quantitative estimate of drug-likeness (QED) is 0.145. The van der Waals surface area contributed by atoms with Crippen molar-refractivity contribution in [2.24, 2.45) is 0 Å². The van der Waals surface area contributed by atoms with E-state index in [0.717, 1.165) is 23.6 Å². The van der Waals surface area contributed by atoms with Crippen molar-refractivity contribution in [3.05, 3.63) is 83.2 Å². The Morgan fingerprint density at radius 3 is 2.52 bits per heavy atom. The Hall–Kier alpha value is -2.89. The monoisotopic (exact) mass is 657 g/mol. The highest BCUT2D eigenvalue weighted by Crippen LogP contribution is 2.40. The van der Waals surface area contributed by atoms with Crippen molar-refractivity contribution in [2.45, 2.75) is 41.8 Å². The third-order valence-electron chi connectivity index (χ3n) is 7.31. The summed E-state index contributed by atoms with van der Waals surface area (Å²) in [6, 6.07) is 18.2. The molecule has 1 atom stereocenters. The standard InChI is InChI=1S/C31H36IN3O5/c1-38-29-16-24(8-9-28(29)40-20-21-2-4-22(5-3-21)23-6-7-23)25-18-35(19-25)31(37)27-17-26(10-13-34-27)39-15-14-33-12-11-30(32)36/h2-5,8-10,13,16-17,23,25,30,33,36H,6-7,11-12,14-15,18-20H2,1H3/t30-/m1/s1. The maximum absolute atomic E-state index is 13.0. The number of hydrogen-bond donors (Lipinski definition) is 2. The molecule has 1 aromatic heterocycles. The summed E-state index contributed by atoms with van der Waals surface area (Å²) in [6.07, 6.45) is 4.89. The molecule has 2 N–H and O–H groups in total. The van der Waals surface area contributed by atoms with E-state index in [1.165, 1.54) is 18.4 Å². The van der Waals surface area contributed by atoms with Crippen LogP contribution in [-0.4, -0.2) is 64.9 Å². The zero-order valence-electron chi connectivity index (χ0n) is 22.7. The van der Waals surface area contributed by atoms with Gasteiger partial charge in [0.15, 0.2) is 11.5 Å². The average Bonchev–Trinajstić information content (AvgIpc) is 3.79. The van der Waals surface area contributed by atoms with Gasteiger partial charge in [-0.2, -0.15) is 0 Å². The number of methoxy groups -OCH3 is 1. The molecular formula is C31H36IN3O5. The molecule has 2 fully saturated rings. The summed E-state index contributed by atoms with van der Waals surface area (Å²) in [4.78, 5) is 19.1. The first kappa shape index (κ1) is 28.6. The molecule has 40 heavy (non-hydrogen) atoms. The number of alkyl halides is 1. The molecule has 2 aromatic carbocycles. The van der Waals surface area contributed by atoms with Gasteiger partial charge in [-0.05, 0) is 66.6 Å². The van der Waals surface area contributed by atoms with Gasteiger partial charge in [-0.15, -0.1) is 0 Å². The lowest BCUT2D eigenvalue weighted by Gasteiger charge is -2.39. The van der Waals surface area contributed by atoms with Gasteiger partial charge in [0.25, 0.3) is 5.91 Å². The van der Waals surface area contributed by atoms with Crippen LogP contribution in [0, 0.1) is 0 Å². The van der Waals surface area contributed by atoms with Crippen LogP contribution in [0.15, 0.2) is 60.8 Å². The van der Waals surface area contributed by atoms with Crippen LogP contribution < -0.4 is 19.5 Å². The molecule has 9 heteroatoms. The summed E-state index contributed by atoms with van der Waals surface area (Å²) in [7, 11) is 1.65. The van der Waals surface area contributed by atoms with Crippen molar-refractivity contribution < 1.29 is 24.1 Å². The number of likely N-dealkylation sites (tertiary alicyclic amines) is 1. The molecule has 8 nitrogen and oxygen atoms in total.